The SMILES string of the molecule is Cc1noc(C)c1CN(C)C(=O)Cl. The Morgan fingerprint density at radius 3 is 2.62 bits per heavy atom. The van der Waals surface area contributed by atoms with Crippen LogP contribution in [0, 0.1) is 13.8 Å². The molecule has 0 aromatic carbocycles. The van der Waals surface area contributed by atoms with Crippen molar-refractivity contribution in [3.05, 3.63) is 17.0 Å². The Kier molecular flexibility index (Phi) is 2.93. The van der Waals surface area contributed by atoms with Crippen molar-refractivity contribution in [1.29, 1.82) is 0 Å². The van der Waals surface area contributed by atoms with Crippen molar-refractivity contribution < 1.29 is 9.32 Å². The molecule has 0 aliphatic rings. The van der Waals surface area contributed by atoms with E-state index < -0.39 is 5.37 Å². The number of aryl methyl sites for hydroxylation is 2. The second kappa shape index (κ2) is 3.79. The lowest BCUT2D eigenvalue weighted by Gasteiger charge is -2.11. The zero-order chi connectivity index (χ0) is 10.0. The van der Waals surface area contributed by atoms with Crippen LogP contribution in [0.5, 0.6) is 0 Å². The molecule has 5 heteroatoms. The van der Waals surface area contributed by atoms with Gasteiger partial charge in [0.15, 0.2) is 0 Å². The molecule has 0 bridgehead atoms. The van der Waals surface area contributed by atoms with Gasteiger partial charge in [-0.25, -0.2) is 0 Å². The van der Waals surface area contributed by atoms with Crippen molar-refractivity contribution in [3.8, 4) is 0 Å². The molecule has 13 heavy (non-hydrogen) atoms. The van der Waals surface area contributed by atoms with Gasteiger partial charge in [-0.3, -0.25) is 4.79 Å². The van der Waals surface area contributed by atoms with Gasteiger partial charge in [-0.1, -0.05) is 5.16 Å². The van der Waals surface area contributed by atoms with Crippen LogP contribution in [-0.2, 0) is 6.54 Å². The fraction of sp³-hybridized carbons (Fsp3) is 0.500. The molecular formula is C8H11ClN2O2. The summed E-state index contributed by atoms with van der Waals surface area (Å²) in [5.41, 5.74) is 1.71. The molecule has 0 fully saturated rings. The second-order valence-corrected chi connectivity index (χ2v) is 3.24. The number of halogens is 1. The van der Waals surface area contributed by atoms with Crippen LogP contribution in [-0.4, -0.2) is 22.5 Å². The Labute approximate surface area is 81.4 Å². The molecule has 1 aromatic rings. The number of aromatic nitrogens is 1. The van der Waals surface area contributed by atoms with Crippen LogP contribution in [0.2, 0.25) is 0 Å². The molecule has 72 valence electrons. The quantitative estimate of drug-likeness (QED) is 0.545. The van der Waals surface area contributed by atoms with E-state index in [-0.39, 0.29) is 0 Å². The zero-order valence-corrected chi connectivity index (χ0v) is 8.55. The van der Waals surface area contributed by atoms with Gasteiger partial charge in [-0.2, -0.15) is 0 Å². The van der Waals surface area contributed by atoms with Gasteiger partial charge < -0.3 is 9.42 Å². The minimum atomic E-state index is -0.486. The van der Waals surface area contributed by atoms with Gasteiger partial charge in [0.25, 0.3) is 0 Å². The average molecular weight is 203 g/mol. The van der Waals surface area contributed by atoms with E-state index in [1.165, 1.54) is 4.90 Å². The second-order valence-electron chi connectivity index (χ2n) is 2.91. The molecule has 1 rings (SSSR count). The fourth-order valence-electron chi connectivity index (χ4n) is 1.03. The van der Waals surface area contributed by atoms with Crippen molar-refractivity contribution in [2.75, 3.05) is 7.05 Å². The number of carbonyl (C=O) groups excluding carboxylic acids is 1. The smallest absolute Gasteiger partial charge is 0.316 e. The number of rotatable bonds is 2. The summed E-state index contributed by atoms with van der Waals surface area (Å²) >= 11 is 5.29. The highest BCUT2D eigenvalue weighted by molar-refractivity contribution is 6.62. The molecule has 4 nitrogen and oxygen atoms in total. The van der Waals surface area contributed by atoms with Crippen molar-refractivity contribution in [1.82, 2.24) is 10.1 Å². The maximum atomic E-state index is 10.7. The van der Waals surface area contributed by atoms with Crippen LogP contribution in [0.3, 0.4) is 0 Å². The van der Waals surface area contributed by atoms with Crippen LogP contribution in [0.1, 0.15) is 17.0 Å². The molecule has 0 atom stereocenters. The molecule has 0 spiro atoms. The summed E-state index contributed by atoms with van der Waals surface area (Å²) in [5, 5.41) is 3.29. The summed E-state index contributed by atoms with van der Waals surface area (Å²) < 4.78 is 4.94. The first-order chi connectivity index (χ1) is 6.02. The summed E-state index contributed by atoms with van der Waals surface area (Å²) in [6.07, 6.45) is 0. The standard InChI is InChI=1S/C8H11ClN2O2/c1-5-7(6(2)13-10-5)4-11(3)8(9)12/h4H2,1-3H3. The normalized spacial score (nSPS) is 10.2. The number of hydrogen-bond donors (Lipinski definition) is 0. The number of carbonyl (C=O) groups is 1. The van der Waals surface area contributed by atoms with Gasteiger partial charge in [0.2, 0.25) is 0 Å². The fourth-order valence-corrected chi connectivity index (χ4v) is 1.09. The lowest BCUT2D eigenvalue weighted by Crippen LogP contribution is -2.20. The highest BCUT2D eigenvalue weighted by Crippen LogP contribution is 2.14. The molecule has 0 radical (unpaired) electrons. The molecule has 0 N–H and O–H groups in total. The van der Waals surface area contributed by atoms with E-state index in [9.17, 15) is 4.79 Å². The Bertz CT molecular complexity index is 302. The lowest BCUT2D eigenvalue weighted by atomic mass is 10.2. The zero-order valence-electron chi connectivity index (χ0n) is 7.80. The predicted octanol–water partition coefficient (Wildman–Crippen LogP) is 2.08. The topological polar surface area (TPSA) is 46.3 Å². The van der Waals surface area contributed by atoms with Crippen LogP contribution in [0.25, 0.3) is 0 Å². The number of nitrogens with zero attached hydrogens (tertiary/aromatic N) is 2. The molecule has 0 unspecified atom stereocenters. The minimum absolute atomic E-state index is 0.434. The van der Waals surface area contributed by atoms with Crippen LogP contribution < -0.4 is 0 Å². The van der Waals surface area contributed by atoms with E-state index in [1.54, 1.807) is 7.05 Å². The van der Waals surface area contributed by atoms with Gasteiger partial charge in [0, 0.05) is 12.6 Å². The highest BCUT2D eigenvalue weighted by atomic mass is 35.5. The first kappa shape index (κ1) is 10.1. The van der Waals surface area contributed by atoms with Crippen molar-refractivity contribution in [3.63, 3.8) is 0 Å². The van der Waals surface area contributed by atoms with Crippen molar-refractivity contribution in [2.24, 2.45) is 0 Å². The Balaban J connectivity index is 2.79. The number of amides is 1. The van der Waals surface area contributed by atoms with E-state index in [0.29, 0.717) is 6.54 Å². The molecule has 1 aromatic heterocycles. The van der Waals surface area contributed by atoms with Gasteiger partial charge >= 0.3 is 5.37 Å². The summed E-state index contributed by atoms with van der Waals surface area (Å²) in [6, 6.07) is 0. The molecule has 0 saturated heterocycles. The molecule has 1 amide bonds. The third-order valence-electron chi connectivity index (χ3n) is 1.88. The van der Waals surface area contributed by atoms with E-state index in [4.69, 9.17) is 16.1 Å². The van der Waals surface area contributed by atoms with E-state index >= 15 is 0 Å². The molecular weight excluding hydrogens is 192 g/mol. The summed E-state index contributed by atoms with van der Waals surface area (Å²) in [6.45, 7) is 4.07. The van der Waals surface area contributed by atoms with E-state index in [0.717, 1.165) is 17.0 Å². The first-order valence-corrected chi connectivity index (χ1v) is 4.22. The van der Waals surface area contributed by atoms with Gasteiger partial charge in [-0.05, 0) is 25.4 Å². The van der Waals surface area contributed by atoms with E-state index in [2.05, 4.69) is 5.16 Å². The van der Waals surface area contributed by atoms with Crippen molar-refractivity contribution >= 4 is 17.0 Å². The molecule has 0 saturated carbocycles. The monoisotopic (exact) mass is 202 g/mol. The molecule has 0 aliphatic carbocycles. The van der Waals surface area contributed by atoms with Gasteiger partial charge in [0.1, 0.15) is 5.76 Å². The maximum absolute atomic E-state index is 10.7. The van der Waals surface area contributed by atoms with Crippen LogP contribution in [0.15, 0.2) is 4.52 Å². The summed E-state index contributed by atoms with van der Waals surface area (Å²) in [4.78, 5) is 12.1. The Morgan fingerprint density at radius 1 is 1.62 bits per heavy atom. The molecule has 0 aliphatic heterocycles. The third-order valence-corrected chi connectivity index (χ3v) is 2.17. The summed E-state index contributed by atoms with van der Waals surface area (Å²) in [7, 11) is 1.63. The van der Waals surface area contributed by atoms with Crippen molar-refractivity contribution in [2.45, 2.75) is 20.4 Å². The summed E-state index contributed by atoms with van der Waals surface area (Å²) in [5.74, 6) is 0.724. The largest absolute Gasteiger partial charge is 0.361 e. The van der Waals surface area contributed by atoms with Crippen LogP contribution in [0.4, 0.5) is 4.79 Å². The molecule has 1 heterocycles. The van der Waals surface area contributed by atoms with E-state index in [1.807, 2.05) is 13.8 Å². The predicted molar refractivity (Wildman–Crippen MR) is 48.7 cm³/mol. The third kappa shape index (κ3) is 2.21. The average Bonchev–Trinajstić information content (AvgIpc) is 2.35. The Hall–Kier alpha value is -1.03. The van der Waals surface area contributed by atoms with Crippen LogP contribution >= 0.6 is 11.6 Å². The first-order valence-electron chi connectivity index (χ1n) is 3.84. The lowest BCUT2D eigenvalue weighted by molar-refractivity contribution is 0.230. The number of hydrogen-bond acceptors (Lipinski definition) is 3. The van der Waals surface area contributed by atoms with Gasteiger partial charge in [0.05, 0.1) is 12.2 Å². The highest BCUT2D eigenvalue weighted by Gasteiger charge is 2.13. The Morgan fingerprint density at radius 2 is 2.23 bits per heavy atom. The van der Waals surface area contributed by atoms with Gasteiger partial charge in [-0.15, -0.1) is 0 Å². The maximum Gasteiger partial charge on any atom is 0.316 e. The minimum Gasteiger partial charge on any atom is -0.361 e.